The number of carbonyl (C=O) groups excluding carboxylic acids is 1. The van der Waals surface area contributed by atoms with Crippen molar-refractivity contribution in [3.8, 4) is 0 Å². The van der Waals surface area contributed by atoms with Crippen LogP contribution in [0.5, 0.6) is 0 Å². The van der Waals surface area contributed by atoms with Crippen molar-refractivity contribution >= 4 is 23.5 Å². The van der Waals surface area contributed by atoms with Gasteiger partial charge in [0.25, 0.3) is 0 Å². The third kappa shape index (κ3) is 3.25. The Hall–Kier alpha value is -2.02. The predicted octanol–water partition coefficient (Wildman–Crippen LogP) is 2.04. The van der Waals surface area contributed by atoms with Gasteiger partial charge in [-0.3, -0.25) is 0 Å². The second-order valence-electron chi connectivity index (χ2n) is 3.77. The van der Waals surface area contributed by atoms with E-state index >= 15 is 0 Å². The summed E-state index contributed by atoms with van der Waals surface area (Å²) in [4.78, 5) is 19.8. The highest BCUT2D eigenvalue weighted by atomic mass is 32.2. The van der Waals surface area contributed by atoms with Crippen molar-refractivity contribution in [1.29, 1.82) is 0 Å². The first-order chi connectivity index (χ1) is 9.10. The summed E-state index contributed by atoms with van der Waals surface area (Å²) in [6.45, 7) is 1.85. The molecule has 0 bridgehead atoms. The highest BCUT2D eigenvalue weighted by Crippen LogP contribution is 2.23. The molecule has 0 atom stereocenters. The Morgan fingerprint density at radius 1 is 1.53 bits per heavy atom. The SMILES string of the molecule is COC(=O)c1occc1CSc1nc(C)cc(N)n1. The predicted molar refractivity (Wildman–Crippen MR) is 70.8 cm³/mol. The Morgan fingerprint density at radius 2 is 2.32 bits per heavy atom. The van der Waals surface area contributed by atoms with Gasteiger partial charge in [-0.2, -0.15) is 0 Å². The summed E-state index contributed by atoms with van der Waals surface area (Å²) in [5, 5.41) is 0.564. The van der Waals surface area contributed by atoms with E-state index in [0.717, 1.165) is 11.3 Å². The maximum Gasteiger partial charge on any atom is 0.374 e. The number of methoxy groups -OCH3 is 1. The lowest BCUT2D eigenvalue weighted by molar-refractivity contribution is 0.0564. The Balaban J connectivity index is 2.10. The molecule has 2 heterocycles. The topological polar surface area (TPSA) is 91.2 Å². The Morgan fingerprint density at radius 3 is 3.00 bits per heavy atom. The zero-order chi connectivity index (χ0) is 13.8. The van der Waals surface area contributed by atoms with Gasteiger partial charge in [0.1, 0.15) is 5.82 Å². The summed E-state index contributed by atoms with van der Waals surface area (Å²) in [6.07, 6.45) is 1.45. The van der Waals surface area contributed by atoms with Crippen molar-refractivity contribution in [3.05, 3.63) is 35.4 Å². The summed E-state index contributed by atoms with van der Waals surface area (Å²) < 4.78 is 9.73. The van der Waals surface area contributed by atoms with Crippen molar-refractivity contribution in [2.75, 3.05) is 12.8 Å². The van der Waals surface area contributed by atoms with E-state index in [0.29, 0.717) is 16.7 Å². The smallest absolute Gasteiger partial charge is 0.374 e. The molecule has 0 aliphatic heterocycles. The van der Waals surface area contributed by atoms with Gasteiger partial charge in [-0.15, -0.1) is 0 Å². The zero-order valence-corrected chi connectivity index (χ0v) is 11.4. The summed E-state index contributed by atoms with van der Waals surface area (Å²) in [5.74, 6) is 0.639. The van der Waals surface area contributed by atoms with E-state index in [1.165, 1.54) is 25.1 Å². The molecule has 7 heteroatoms. The number of aromatic nitrogens is 2. The average molecular weight is 279 g/mol. The third-order valence-electron chi connectivity index (χ3n) is 2.33. The van der Waals surface area contributed by atoms with Gasteiger partial charge in [0.15, 0.2) is 5.16 Å². The van der Waals surface area contributed by atoms with Crippen molar-refractivity contribution in [1.82, 2.24) is 9.97 Å². The molecule has 100 valence electrons. The number of nitrogens with zero attached hydrogens (tertiary/aromatic N) is 2. The van der Waals surface area contributed by atoms with E-state index in [4.69, 9.17) is 10.2 Å². The van der Waals surface area contributed by atoms with Crippen LogP contribution in [0.3, 0.4) is 0 Å². The number of ether oxygens (including phenoxy) is 1. The molecule has 0 saturated carbocycles. The number of esters is 1. The van der Waals surface area contributed by atoms with Crippen molar-refractivity contribution in [2.45, 2.75) is 17.8 Å². The van der Waals surface area contributed by atoms with Gasteiger partial charge in [0.2, 0.25) is 5.76 Å². The van der Waals surface area contributed by atoms with Crippen molar-refractivity contribution < 1.29 is 13.9 Å². The van der Waals surface area contributed by atoms with Crippen LogP contribution >= 0.6 is 11.8 Å². The van der Waals surface area contributed by atoms with Crippen LogP contribution in [0.25, 0.3) is 0 Å². The minimum atomic E-state index is -0.495. The second kappa shape index (κ2) is 5.75. The molecule has 2 rings (SSSR count). The number of rotatable bonds is 4. The van der Waals surface area contributed by atoms with Crippen LogP contribution in [0.15, 0.2) is 28.0 Å². The summed E-state index contributed by atoms with van der Waals surface area (Å²) in [7, 11) is 1.31. The lowest BCUT2D eigenvalue weighted by Gasteiger charge is -2.03. The molecular weight excluding hydrogens is 266 g/mol. The van der Waals surface area contributed by atoms with Crippen molar-refractivity contribution in [2.24, 2.45) is 0 Å². The number of hydrogen-bond acceptors (Lipinski definition) is 7. The fourth-order valence-corrected chi connectivity index (χ4v) is 2.38. The van der Waals surface area contributed by atoms with Crippen molar-refractivity contribution in [3.63, 3.8) is 0 Å². The summed E-state index contributed by atoms with van der Waals surface area (Å²) in [5.41, 5.74) is 7.19. The fraction of sp³-hybridized carbons (Fsp3) is 0.250. The van der Waals surface area contributed by atoms with E-state index in [-0.39, 0.29) is 5.76 Å². The van der Waals surface area contributed by atoms with Crippen LogP contribution in [0, 0.1) is 6.92 Å². The largest absolute Gasteiger partial charge is 0.463 e. The molecule has 0 amide bonds. The lowest BCUT2D eigenvalue weighted by Crippen LogP contribution is -2.02. The van der Waals surface area contributed by atoms with Crippen LogP contribution in [-0.4, -0.2) is 23.0 Å². The molecule has 2 N–H and O–H groups in total. The van der Waals surface area contributed by atoms with Crippen LogP contribution in [0.1, 0.15) is 21.8 Å². The number of aryl methyl sites for hydroxylation is 1. The Bertz CT molecular complexity index is 577. The first-order valence-corrected chi connectivity index (χ1v) is 6.47. The van der Waals surface area contributed by atoms with Gasteiger partial charge in [0.05, 0.1) is 13.4 Å². The molecule has 2 aromatic rings. The standard InChI is InChI=1S/C12H13N3O3S/c1-7-5-9(13)15-12(14-7)19-6-8-3-4-18-10(8)11(16)17-2/h3-5H,6H2,1-2H3,(H2,13,14,15). The zero-order valence-electron chi connectivity index (χ0n) is 10.5. The molecule has 0 saturated heterocycles. The maximum absolute atomic E-state index is 11.4. The summed E-state index contributed by atoms with van der Waals surface area (Å²) >= 11 is 1.38. The number of nitrogens with two attached hydrogens (primary N) is 1. The molecule has 0 fully saturated rings. The lowest BCUT2D eigenvalue weighted by atomic mass is 10.3. The molecule has 0 aromatic carbocycles. The number of thioether (sulfide) groups is 1. The van der Waals surface area contributed by atoms with Gasteiger partial charge in [-0.05, 0) is 13.0 Å². The minimum absolute atomic E-state index is 0.204. The van der Waals surface area contributed by atoms with E-state index < -0.39 is 5.97 Å². The normalized spacial score (nSPS) is 10.4. The fourth-order valence-electron chi connectivity index (χ4n) is 1.49. The number of furan rings is 1. The van der Waals surface area contributed by atoms with Gasteiger partial charge in [-0.1, -0.05) is 11.8 Å². The van der Waals surface area contributed by atoms with Gasteiger partial charge in [0, 0.05) is 23.1 Å². The van der Waals surface area contributed by atoms with E-state index in [2.05, 4.69) is 14.7 Å². The third-order valence-corrected chi connectivity index (χ3v) is 3.22. The second-order valence-corrected chi connectivity index (χ2v) is 4.71. The van der Waals surface area contributed by atoms with E-state index in [1.807, 2.05) is 6.92 Å². The van der Waals surface area contributed by atoms with E-state index in [9.17, 15) is 4.79 Å². The number of nitrogen functional groups attached to an aromatic ring is 1. The molecule has 0 aliphatic carbocycles. The Kier molecular flexibility index (Phi) is 4.06. The quantitative estimate of drug-likeness (QED) is 0.520. The van der Waals surface area contributed by atoms with Gasteiger partial charge < -0.3 is 14.9 Å². The summed E-state index contributed by atoms with van der Waals surface area (Å²) in [6, 6.07) is 3.42. The molecular formula is C12H13N3O3S. The first kappa shape index (κ1) is 13.4. The number of carbonyl (C=O) groups is 1. The maximum atomic E-state index is 11.4. The van der Waals surface area contributed by atoms with Crippen LogP contribution < -0.4 is 5.73 Å². The molecule has 0 spiro atoms. The molecule has 0 aliphatic rings. The first-order valence-electron chi connectivity index (χ1n) is 5.49. The molecule has 19 heavy (non-hydrogen) atoms. The average Bonchev–Trinajstić information content (AvgIpc) is 2.82. The minimum Gasteiger partial charge on any atom is -0.463 e. The highest BCUT2D eigenvalue weighted by molar-refractivity contribution is 7.98. The Labute approximate surface area is 114 Å². The van der Waals surface area contributed by atoms with Crippen LogP contribution in [0.4, 0.5) is 5.82 Å². The molecule has 0 unspecified atom stereocenters. The van der Waals surface area contributed by atoms with Gasteiger partial charge in [-0.25, -0.2) is 14.8 Å². The molecule has 6 nitrogen and oxygen atoms in total. The highest BCUT2D eigenvalue weighted by Gasteiger charge is 2.16. The van der Waals surface area contributed by atoms with E-state index in [1.54, 1.807) is 12.1 Å². The van der Waals surface area contributed by atoms with Gasteiger partial charge >= 0.3 is 5.97 Å². The number of anilines is 1. The van der Waals surface area contributed by atoms with Crippen LogP contribution in [0.2, 0.25) is 0 Å². The monoisotopic (exact) mass is 279 g/mol. The molecule has 0 radical (unpaired) electrons. The van der Waals surface area contributed by atoms with Crippen LogP contribution in [-0.2, 0) is 10.5 Å². The molecule has 2 aromatic heterocycles. The number of hydrogen-bond donors (Lipinski definition) is 1.